The highest BCUT2D eigenvalue weighted by Crippen LogP contribution is 2.12. The van der Waals surface area contributed by atoms with Gasteiger partial charge in [-0.05, 0) is 26.5 Å². The Balaban J connectivity index is 3.49. The smallest absolute Gasteiger partial charge is 0.230 e. The maximum Gasteiger partial charge on any atom is 0.230 e. The molecule has 15 heavy (non-hydrogen) atoms. The number of carbonyl (C=O) groups excluding carboxylic acids is 1. The Kier molecular flexibility index (Phi) is 7.82. The van der Waals surface area contributed by atoms with Crippen molar-refractivity contribution in [2.45, 2.75) is 25.9 Å². The van der Waals surface area contributed by atoms with Crippen LogP contribution in [0.4, 0.5) is 0 Å². The van der Waals surface area contributed by atoms with Gasteiger partial charge in [0.1, 0.15) is 0 Å². The minimum absolute atomic E-state index is 0.0334. The lowest BCUT2D eigenvalue weighted by Gasteiger charge is -2.24. The van der Waals surface area contributed by atoms with E-state index < -0.39 is 0 Å². The lowest BCUT2D eigenvalue weighted by atomic mass is 10.1. The Labute approximate surface area is 95.8 Å². The van der Waals surface area contributed by atoms with Gasteiger partial charge in [0.25, 0.3) is 0 Å². The van der Waals surface area contributed by atoms with Crippen molar-refractivity contribution in [1.29, 1.82) is 0 Å². The summed E-state index contributed by atoms with van der Waals surface area (Å²) in [7, 11) is 0. The first kappa shape index (κ1) is 14.7. The van der Waals surface area contributed by atoms with Gasteiger partial charge in [-0.3, -0.25) is 4.79 Å². The van der Waals surface area contributed by atoms with Crippen LogP contribution in [0.5, 0.6) is 0 Å². The van der Waals surface area contributed by atoms with E-state index >= 15 is 0 Å². The molecule has 0 aliphatic carbocycles. The van der Waals surface area contributed by atoms with Crippen LogP contribution in [0.2, 0.25) is 0 Å². The van der Waals surface area contributed by atoms with Crippen LogP contribution in [-0.4, -0.2) is 48.4 Å². The van der Waals surface area contributed by atoms with E-state index in [1.165, 1.54) is 11.8 Å². The number of ether oxygens (including phenoxy) is 1. The number of thioether (sulfide) groups is 1. The van der Waals surface area contributed by atoms with Gasteiger partial charge in [-0.1, -0.05) is 0 Å². The minimum atomic E-state index is -0.320. The van der Waals surface area contributed by atoms with E-state index in [0.29, 0.717) is 25.3 Å². The largest absolute Gasteiger partial charge is 0.396 e. The van der Waals surface area contributed by atoms with E-state index in [1.54, 1.807) is 0 Å². The fourth-order valence-electron chi connectivity index (χ4n) is 1.04. The van der Waals surface area contributed by atoms with E-state index in [4.69, 9.17) is 9.84 Å². The summed E-state index contributed by atoms with van der Waals surface area (Å²) in [5.74, 6) is 0.520. The Morgan fingerprint density at radius 2 is 2.20 bits per heavy atom. The number of hydrogen-bond donors (Lipinski definition) is 2. The van der Waals surface area contributed by atoms with Gasteiger partial charge in [0.15, 0.2) is 0 Å². The summed E-state index contributed by atoms with van der Waals surface area (Å²) in [5.41, 5.74) is -0.320. The lowest BCUT2D eigenvalue weighted by Crippen LogP contribution is -2.33. The van der Waals surface area contributed by atoms with E-state index in [1.807, 2.05) is 20.1 Å². The van der Waals surface area contributed by atoms with Crippen LogP contribution in [0, 0.1) is 0 Å². The standard InChI is InChI=1S/C10H21NO3S/c1-10(2,4-6-12)14-7-5-11-9(13)8-15-3/h12H,4-8H2,1-3H3,(H,11,13). The third-order valence-electron chi connectivity index (χ3n) is 1.91. The van der Waals surface area contributed by atoms with E-state index in [-0.39, 0.29) is 18.1 Å². The molecule has 0 unspecified atom stereocenters. The molecule has 0 heterocycles. The monoisotopic (exact) mass is 235 g/mol. The summed E-state index contributed by atoms with van der Waals surface area (Å²) in [6.45, 7) is 4.97. The minimum Gasteiger partial charge on any atom is -0.396 e. The second-order valence-electron chi connectivity index (χ2n) is 3.86. The molecule has 1 amide bonds. The molecular weight excluding hydrogens is 214 g/mol. The second kappa shape index (κ2) is 7.96. The van der Waals surface area contributed by atoms with Gasteiger partial charge in [-0.25, -0.2) is 0 Å². The van der Waals surface area contributed by atoms with E-state index in [0.717, 1.165) is 0 Å². The predicted molar refractivity (Wildman–Crippen MR) is 63.1 cm³/mol. The Morgan fingerprint density at radius 3 is 2.73 bits per heavy atom. The predicted octanol–water partition coefficient (Wildman–Crippen LogP) is 0.643. The number of carbonyl (C=O) groups is 1. The van der Waals surface area contributed by atoms with Gasteiger partial charge in [0.2, 0.25) is 5.91 Å². The SMILES string of the molecule is CSCC(=O)NCCOC(C)(C)CCO. The van der Waals surface area contributed by atoms with Gasteiger partial charge < -0.3 is 15.2 Å². The molecule has 0 fully saturated rings. The van der Waals surface area contributed by atoms with Gasteiger partial charge >= 0.3 is 0 Å². The van der Waals surface area contributed by atoms with Crippen LogP contribution in [0.15, 0.2) is 0 Å². The van der Waals surface area contributed by atoms with Crippen LogP contribution in [-0.2, 0) is 9.53 Å². The van der Waals surface area contributed by atoms with Crippen molar-refractivity contribution in [2.75, 3.05) is 31.8 Å². The molecule has 4 nitrogen and oxygen atoms in total. The average Bonchev–Trinajstić information content (AvgIpc) is 2.13. The molecule has 0 aromatic carbocycles. The summed E-state index contributed by atoms with van der Waals surface area (Å²) >= 11 is 1.50. The average molecular weight is 235 g/mol. The van der Waals surface area contributed by atoms with E-state index in [2.05, 4.69) is 5.32 Å². The molecular formula is C10H21NO3S. The molecule has 0 saturated carbocycles. The molecule has 0 radical (unpaired) electrons. The first-order valence-corrected chi connectivity index (χ1v) is 6.41. The summed E-state index contributed by atoms with van der Waals surface area (Å²) in [6, 6.07) is 0. The van der Waals surface area contributed by atoms with E-state index in [9.17, 15) is 4.79 Å². The molecule has 2 N–H and O–H groups in total. The first-order valence-electron chi connectivity index (χ1n) is 5.02. The second-order valence-corrected chi connectivity index (χ2v) is 4.73. The highest BCUT2D eigenvalue weighted by Gasteiger charge is 2.16. The summed E-state index contributed by atoms with van der Waals surface area (Å²) < 4.78 is 5.52. The molecule has 0 spiro atoms. The Hall–Kier alpha value is -0.260. The van der Waals surface area contributed by atoms with Crippen molar-refractivity contribution >= 4 is 17.7 Å². The van der Waals surface area contributed by atoms with Crippen molar-refractivity contribution < 1.29 is 14.6 Å². The zero-order valence-corrected chi connectivity index (χ0v) is 10.5. The van der Waals surface area contributed by atoms with Gasteiger partial charge in [-0.2, -0.15) is 11.8 Å². The van der Waals surface area contributed by atoms with Gasteiger partial charge in [0, 0.05) is 13.2 Å². The Bertz CT molecular complexity index is 186. The van der Waals surface area contributed by atoms with Crippen LogP contribution in [0.1, 0.15) is 20.3 Å². The molecule has 0 aliphatic heterocycles. The van der Waals surface area contributed by atoms with Crippen LogP contribution >= 0.6 is 11.8 Å². The molecule has 0 aromatic heterocycles. The molecule has 0 saturated heterocycles. The van der Waals surface area contributed by atoms with Crippen molar-refractivity contribution in [1.82, 2.24) is 5.32 Å². The number of nitrogens with one attached hydrogen (secondary N) is 1. The number of rotatable bonds is 8. The maximum atomic E-state index is 11.1. The summed E-state index contributed by atoms with van der Waals surface area (Å²) in [5, 5.41) is 11.5. The van der Waals surface area contributed by atoms with Crippen molar-refractivity contribution in [3.63, 3.8) is 0 Å². The van der Waals surface area contributed by atoms with Gasteiger partial charge in [0.05, 0.1) is 18.0 Å². The molecule has 0 aliphatic rings. The maximum absolute atomic E-state index is 11.1. The van der Waals surface area contributed by atoms with Crippen LogP contribution in [0.25, 0.3) is 0 Å². The topological polar surface area (TPSA) is 58.6 Å². The van der Waals surface area contributed by atoms with Crippen LogP contribution < -0.4 is 5.32 Å². The third-order valence-corrected chi connectivity index (χ3v) is 2.46. The molecule has 0 bridgehead atoms. The van der Waals surface area contributed by atoms with Crippen molar-refractivity contribution in [2.24, 2.45) is 0 Å². The number of aliphatic hydroxyl groups excluding tert-OH is 1. The fraction of sp³-hybridized carbons (Fsp3) is 0.900. The molecule has 0 rings (SSSR count). The number of aliphatic hydroxyl groups is 1. The van der Waals surface area contributed by atoms with Gasteiger partial charge in [-0.15, -0.1) is 0 Å². The number of amides is 1. The zero-order valence-electron chi connectivity index (χ0n) is 9.71. The quantitative estimate of drug-likeness (QED) is 0.606. The zero-order chi connectivity index (χ0) is 11.7. The summed E-state index contributed by atoms with van der Waals surface area (Å²) in [4.78, 5) is 11.1. The normalized spacial score (nSPS) is 11.5. The number of hydrogen-bond acceptors (Lipinski definition) is 4. The highest BCUT2D eigenvalue weighted by atomic mass is 32.2. The molecule has 0 atom stereocenters. The molecule has 0 aromatic rings. The summed E-state index contributed by atoms with van der Waals surface area (Å²) in [6.07, 6.45) is 2.49. The highest BCUT2D eigenvalue weighted by molar-refractivity contribution is 7.99. The third kappa shape index (κ3) is 8.72. The first-order chi connectivity index (χ1) is 7.02. The molecule has 90 valence electrons. The Morgan fingerprint density at radius 1 is 1.53 bits per heavy atom. The fourth-order valence-corrected chi connectivity index (χ4v) is 1.41. The van der Waals surface area contributed by atoms with Crippen molar-refractivity contribution in [3.05, 3.63) is 0 Å². The lowest BCUT2D eigenvalue weighted by molar-refractivity contribution is -0.119. The van der Waals surface area contributed by atoms with Crippen LogP contribution in [0.3, 0.4) is 0 Å². The van der Waals surface area contributed by atoms with Crippen molar-refractivity contribution in [3.8, 4) is 0 Å². The molecule has 5 heteroatoms.